The number of aromatic nitrogens is 5. The zero-order valence-corrected chi connectivity index (χ0v) is 12.0. The molecule has 2 heterocycles. The molecule has 1 aromatic carbocycles. The van der Waals surface area contributed by atoms with Crippen molar-refractivity contribution in [2.45, 2.75) is 6.04 Å². The molecule has 22 heavy (non-hydrogen) atoms. The van der Waals surface area contributed by atoms with Crippen molar-refractivity contribution in [1.82, 2.24) is 30.9 Å². The number of hydrogen-bond donors (Lipinski definition) is 2. The first-order chi connectivity index (χ1) is 10.7. The number of carbonyl (C=O) groups is 1. The Hall–Kier alpha value is -2.80. The number of aromatic amines is 1. The number of halogens is 1. The Morgan fingerprint density at radius 2 is 2.00 bits per heavy atom. The first kappa shape index (κ1) is 14.2. The van der Waals surface area contributed by atoms with Gasteiger partial charge in [0.15, 0.2) is 0 Å². The summed E-state index contributed by atoms with van der Waals surface area (Å²) in [4.78, 5) is 16.3. The highest BCUT2D eigenvalue weighted by Gasteiger charge is 2.21. The van der Waals surface area contributed by atoms with Gasteiger partial charge >= 0.3 is 0 Å². The van der Waals surface area contributed by atoms with E-state index in [0.717, 1.165) is 5.56 Å². The van der Waals surface area contributed by atoms with Crippen LogP contribution in [-0.2, 0) is 0 Å². The molecule has 3 rings (SSSR count). The Morgan fingerprint density at radius 3 is 2.64 bits per heavy atom. The standard InChI is InChI=1S/C14H11ClN6O/c15-10-6-7-11(16-8-10)14(22)17-12(13-18-20-21-19-13)9-4-2-1-3-5-9/h1-8,12H,(H,17,22)(H,18,19,20,21). The summed E-state index contributed by atoms with van der Waals surface area (Å²) < 4.78 is 0. The molecule has 1 unspecified atom stereocenters. The van der Waals surface area contributed by atoms with E-state index in [0.29, 0.717) is 10.8 Å². The summed E-state index contributed by atoms with van der Waals surface area (Å²) in [5.41, 5.74) is 1.10. The third kappa shape index (κ3) is 3.09. The molecule has 0 aliphatic heterocycles. The summed E-state index contributed by atoms with van der Waals surface area (Å²) >= 11 is 5.77. The van der Waals surface area contributed by atoms with Crippen LogP contribution in [0.1, 0.15) is 27.9 Å². The fourth-order valence-corrected chi connectivity index (χ4v) is 2.06. The first-order valence-electron chi connectivity index (χ1n) is 6.45. The lowest BCUT2D eigenvalue weighted by molar-refractivity contribution is 0.0936. The molecule has 1 amide bonds. The number of pyridine rings is 1. The number of H-pyrrole nitrogens is 1. The smallest absolute Gasteiger partial charge is 0.270 e. The van der Waals surface area contributed by atoms with Crippen LogP contribution in [0.15, 0.2) is 48.7 Å². The second kappa shape index (κ2) is 6.31. The van der Waals surface area contributed by atoms with E-state index in [1.54, 1.807) is 12.1 Å². The van der Waals surface area contributed by atoms with Gasteiger partial charge in [-0.2, -0.15) is 5.21 Å². The molecule has 3 aromatic rings. The fourth-order valence-electron chi connectivity index (χ4n) is 1.95. The molecule has 1 atom stereocenters. The maximum Gasteiger partial charge on any atom is 0.270 e. The predicted molar refractivity (Wildman–Crippen MR) is 79.2 cm³/mol. The van der Waals surface area contributed by atoms with E-state index in [9.17, 15) is 4.79 Å². The molecule has 0 radical (unpaired) electrons. The Bertz CT molecular complexity index is 745. The van der Waals surface area contributed by atoms with Crippen molar-refractivity contribution in [2.75, 3.05) is 0 Å². The number of nitrogens with zero attached hydrogens (tertiary/aromatic N) is 4. The van der Waals surface area contributed by atoms with Crippen molar-refractivity contribution in [3.8, 4) is 0 Å². The fraction of sp³-hybridized carbons (Fsp3) is 0.0714. The van der Waals surface area contributed by atoms with Crippen LogP contribution in [0.5, 0.6) is 0 Å². The van der Waals surface area contributed by atoms with Crippen LogP contribution in [0.25, 0.3) is 0 Å². The van der Waals surface area contributed by atoms with E-state index in [4.69, 9.17) is 11.6 Å². The Kier molecular flexibility index (Phi) is 4.06. The Morgan fingerprint density at radius 1 is 1.18 bits per heavy atom. The number of nitrogens with one attached hydrogen (secondary N) is 2. The van der Waals surface area contributed by atoms with Crippen LogP contribution in [0.2, 0.25) is 5.02 Å². The Balaban J connectivity index is 1.87. The molecule has 7 nitrogen and oxygen atoms in total. The van der Waals surface area contributed by atoms with Crippen molar-refractivity contribution in [3.63, 3.8) is 0 Å². The zero-order chi connectivity index (χ0) is 15.4. The van der Waals surface area contributed by atoms with Crippen molar-refractivity contribution < 1.29 is 4.79 Å². The van der Waals surface area contributed by atoms with Crippen LogP contribution in [-0.4, -0.2) is 31.5 Å². The number of carbonyl (C=O) groups excluding carboxylic acids is 1. The lowest BCUT2D eigenvalue weighted by Gasteiger charge is -2.15. The lowest BCUT2D eigenvalue weighted by atomic mass is 10.1. The van der Waals surface area contributed by atoms with Crippen LogP contribution in [0, 0.1) is 0 Å². The number of tetrazole rings is 1. The van der Waals surface area contributed by atoms with E-state index >= 15 is 0 Å². The van der Waals surface area contributed by atoms with Gasteiger partial charge in [0.05, 0.1) is 5.02 Å². The van der Waals surface area contributed by atoms with Gasteiger partial charge in [0.2, 0.25) is 5.82 Å². The first-order valence-corrected chi connectivity index (χ1v) is 6.82. The molecule has 0 bridgehead atoms. The molecule has 8 heteroatoms. The minimum atomic E-state index is -0.523. The largest absolute Gasteiger partial charge is 0.336 e. The Labute approximate surface area is 130 Å². The highest BCUT2D eigenvalue weighted by molar-refractivity contribution is 6.30. The van der Waals surface area contributed by atoms with Crippen LogP contribution < -0.4 is 5.32 Å². The molecule has 0 aliphatic rings. The summed E-state index contributed by atoms with van der Waals surface area (Å²) in [6.07, 6.45) is 1.42. The van der Waals surface area contributed by atoms with E-state index in [1.165, 1.54) is 6.20 Å². The van der Waals surface area contributed by atoms with Gasteiger partial charge in [-0.1, -0.05) is 47.1 Å². The number of rotatable bonds is 4. The third-order valence-corrected chi connectivity index (χ3v) is 3.21. The number of benzene rings is 1. The maximum atomic E-state index is 12.3. The average Bonchev–Trinajstić information content (AvgIpc) is 3.08. The van der Waals surface area contributed by atoms with E-state index in [2.05, 4.69) is 30.9 Å². The molecule has 0 fully saturated rings. The van der Waals surface area contributed by atoms with Gasteiger partial charge in [-0.3, -0.25) is 4.79 Å². The van der Waals surface area contributed by atoms with Gasteiger partial charge in [-0.05, 0) is 17.7 Å². The van der Waals surface area contributed by atoms with Gasteiger partial charge in [0.1, 0.15) is 11.7 Å². The molecule has 110 valence electrons. The maximum absolute atomic E-state index is 12.3. The molecular weight excluding hydrogens is 304 g/mol. The van der Waals surface area contributed by atoms with Gasteiger partial charge < -0.3 is 5.32 Å². The third-order valence-electron chi connectivity index (χ3n) is 2.99. The van der Waals surface area contributed by atoms with Crippen LogP contribution in [0.3, 0.4) is 0 Å². The number of hydrogen-bond acceptors (Lipinski definition) is 5. The molecular formula is C14H11ClN6O. The van der Waals surface area contributed by atoms with Crippen molar-refractivity contribution >= 4 is 17.5 Å². The number of amides is 1. The minimum Gasteiger partial charge on any atom is -0.336 e. The summed E-state index contributed by atoms with van der Waals surface area (Å²) in [5, 5.41) is 17.1. The van der Waals surface area contributed by atoms with Crippen molar-refractivity contribution in [2.24, 2.45) is 0 Å². The van der Waals surface area contributed by atoms with E-state index in [-0.39, 0.29) is 11.6 Å². The normalized spacial score (nSPS) is 11.9. The lowest BCUT2D eigenvalue weighted by Crippen LogP contribution is -2.30. The second-order valence-corrected chi connectivity index (χ2v) is 4.89. The highest BCUT2D eigenvalue weighted by Crippen LogP contribution is 2.18. The van der Waals surface area contributed by atoms with E-state index in [1.807, 2.05) is 30.3 Å². The average molecular weight is 315 g/mol. The van der Waals surface area contributed by atoms with Crippen LogP contribution in [0.4, 0.5) is 0 Å². The topological polar surface area (TPSA) is 96.5 Å². The van der Waals surface area contributed by atoms with Crippen molar-refractivity contribution in [3.05, 3.63) is 70.8 Å². The van der Waals surface area contributed by atoms with Gasteiger partial charge in [0.25, 0.3) is 5.91 Å². The summed E-state index contributed by atoms with van der Waals surface area (Å²) in [7, 11) is 0. The summed E-state index contributed by atoms with van der Waals surface area (Å²) in [5.74, 6) is 0.0174. The molecule has 2 aromatic heterocycles. The minimum absolute atomic E-state index is 0.258. The SMILES string of the molecule is O=C(NC(c1ccccc1)c1nn[nH]n1)c1ccc(Cl)cn1. The van der Waals surface area contributed by atoms with Crippen LogP contribution >= 0.6 is 11.6 Å². The zero-order valence-electron chi connectivity index (χ0n) is 11.3. The molecule has 2 N–H and O–H groups in total. The highest BCUT2D eigenvalue weighted by atomic mass is 35.5. The van der Waals surface area contributed by atoms with Gasteiger partial charge in [-0.25, -0.2) is 4.98 Å². The molecule has 0 saturated heterocycles. The molecule has 0 aliphatic carbocycles. The predicted octanol–water partition coefficient (Wildman–Crippen LogP) is 1.77. The second-order valence-electron chi connectivity index (χ2n) is 4.45. The van der Waals surface area contributed by atoms with E-state index < -0.39 is 6.04 Å². The van der Waals surface area contributed by atoms with Gasteiger partial charge in [0, 0.05) is 6.20 Å². The molecule has 0 spiro atoms. The summed E-state index contributed by atoms with van der Waals surface area (Å²) in [6, 6.07) is 12.0. The monoisotopic (exact) mass is 314 g/mol. The quantitative estimate of drug-likeness (QED) is 0.765. The molecule has 0 saturated carbocycles. The van der Waals surface area contributed by atoms with Crippen molar-refractivity contribution in [1.29, 1.82) is 0 Å². The van der Waals surface area contributed by atoms with Gasteiger partial charge in [-0.15, -0.1) is 10.2 Å². The summed E-state index contributed by atoms with van der Waals surface area (Å²) in [6.45, 7) is 0.